The zero-order valence-corrected chi connectivity index (χ0v) is 14.2. The number of halogens is 1. The minimum absolute atomic E-state index is 0.0108. The summed E-state index contributed by atoms with van der Waals surface area (Å²) in [4.78, 5) is 26.8. The van der Waals surface area contributed by atoms with Crippen LogP contribution in [0.2, 0.25) is 0 Å². The minimum atomic E-state index is -1.50. The molecule has 2 aromatic rings. The maximum Gasteiger partial charge on any atom is 0.269 e. The number of nitrogens with two attached hydrogens (primary N) is 1. The van der Waals surface area contributed by atoms with Crippen molar-refractivity contribution in [3.05, 3.63) is 34.9 Å². The van der Waals surface area contributed by atoms with E-state index in [1.165, 1.54) is 12.1 Å². The molecule has 0 saturated heterocycles. The molecule has 7 nitrogen and oxygen atoms in total. The first-order chi connectivity index (χ1) is 13.0. The standard InChI is InChI=1S/C19H16FN3O4/c20-14-8-15-13(7-11(14)3-4-12(25)9-24)19-22-16(18(21)26)17(10-1-2-10)23(19)5-6-27-15/h7-10,12,25H,1-2,5-6H2,(H2,21,26). The highest BCUT2D eigenvalue weighted by Gasteiger charge is 2.35. The van der Waals surface area contributed by atoms with Gasteiger partial charge in [-0.3, -0.25) is 9.59 Å². The fraction of sp³-hybridized carbons (Fsp3) is 0.316. The van der Waals surface area contributed by atoms with Gasteiger partial charge in [0.2, 0.25) is 0 Å². The lowest BCUT2D eigenvalue weighted by molar-refractivity contribution is -0.112. The Morgan fingerprint density at radius 1 is 1.48 bits per heavy atom. The molecular formula is C19H16FN3O4. The van der Waals surface area contributed by atoms with Gasteiger partial charge in [0.15, 0.2) is 12.4 Å². The summed E-state index contributed by atoms with van der Waals surface area (Å²) in [6.07, 6.45) is 0.682. The molecule has 4 rings (SSSR count). The van der Waals surface area contributed by atoms with Crippen LogP contribution in [0.25, 0.3) is 11.4 Å². The molecule has 1 aliphatic carbocycles. The van der Waals surface area contributed by atoms with Gasteiger partial charge in [-0.25, -0.2) is 9.37 Å². The van der Waals surface area contributed by atoms with E-state index in [-0.39, 0.29) is 29.2 Å². The number of aldehydes is 1. The fourth-order valence-electron chi connectivity index (χ4n) is 3.23. The van der Waals surface area contributed by atoms with E-state index < -0.39 is 17.8 Å². The molecule has 0 bridgehead atoms. The highest BCUT2D eigenvalue weighted by atomic mass is 19.1. The van der Waals surface area contributed by atoms with Gasteiger partial charge in [-0.1, -0.05) is 11.8 Å². The Morgan fingerprint density at radius 3 is 2.93 bits per heavy atom. The lowest BCUT2D eigenvalue weighted by Crippen LogP contribution is -2.16. The SMILES string of the molecule is NC(=O)c1nc2n(c1C1CC1)CCOc1cc(F)c(C#CC(O)C=O)cc1-2. The van der Waals surface area contributed by atoms with Crippen molar-refractivity contribution in [3.8, 4) is 29.0 Å². The number of carbonyl (C=O) groups excluding carboxylic acids is 2. The van der Waals surface area contributed by atoms with Gasteiger partial charge < -0.3 is 20.1 Å². The second-order valence-electron chi connectivity index (χ2n) is 6.49. The van der Waals surface area contributed by atoms with Gasteiger partial charge in [0.25, 0.3) is 5.91 Å². The number of amides is 1. The average Bonchev–Trinajstić information content (AvgIpc) is 3.43. The molecular weight excluding hydrogens is 353 g/mol. The second kappa shape index (κ2) is 6.52. The fourth-order valence-corrected chi connectivity index (χ4v) is 3.23. The summed E-state index contributed by atoms with van der Waals surface area (Å²) in [5.41, 5.74) is 7.01. The van der Waals surface area contributed by atoms with Crippen molar-refractivity contribution >= 4 is 12.2 Å². The summed E-state index contributed by atoms with van der Waals surface area (Å²) in [6.45, 7) is 0.755. The van der Waals surface area contributed by atoms with Crippen LogP contribution in [-0.2, 0) is 11.3 Å². The molecule has 1 aliphatic heterocycles. The molecule has 1 aromatic carbocycles. The Kier molecular flexibility index (Phi) is 4.16. The zero-order chi connectivity index (χ0) is 19.1. The van der Waals surface area contributed by atoms with Crippen LogP contribution in [0.15, 0.2) is 12.1 Å². The van der Waals surface area contributed by atoms with Crippen molar-refractivity contribution in [1.29, 1.82) is 0 Å². The molecule has 27 heavy (non-hydrogen) atoms. The number of nitrogens with zero attached hydrogens (tertiary/aromatic N) is 2. The second-order valence-corrected chi connectivity index (χ2v) is 6.49. The monoisotopic (exact) mass is 369 g/mol. The number of imidazole rings is 1. The number of aliphatic hydroxyl groups excluding tert-OH is 1. The van der Waals surface area contributed by atoms with Crippen molar-refractivity contribution in [3.63, 3.8) is 0 Å². The van der Waals surface area contributed by atoms with E-state index in [4.69, 9.17) is 10.5 Å². The van der Waals surface area contributed by atoms with Gasteiger partial charge >= 0.3 is 0 Å². The third-order valence-corrected chi connectivity index (χ3v) is 4.57. The number of hydrogen-bond acceptors (Lipinski definition) is 5. The van der Waals surface area contributed by atoms with Crippen LogP contribution < -0.4 is 10.5 Å². The predicted octanol–water partition coefficient (Wildman–Crippen LogP) is 0.969. The topological polar surface area (TPSA) is 107 Å². The molecule has 3 N–H and O–H groups in total. The predicted molar refractivity (Wildman–Crippen MR) is 92.6 cm³/mol. The van der Waals surface area contributed by atoms with Crippen LogP contribution in [0, 0.1) is 17.7 Å². The number of rotatable bonds is 3. The van der Waals surface area contributed by atoms with Crippen LogP contribution in [0.5, 0.6) is 5.75 Å². The summed E-state index contributed by atoms with van der Waals surface area (Å²) in [5, 5.41) is 9.26. The molecule has 138 valence electrons. The Balaban J connectivity index is 1.89. The number of benzene rings is 1. The molecule has 2 aliphatic rings. The maximum absolute atomic E-state index is 14.3. The number of aromatic nitrogens is 2. The van der Waals surface area contributed by atoms with Crippen LogP contribution in [0.4, 0.5) is 4.39 Å². The van der Waals surface area contributed by atoms with Gasteiger partial charge in [0.1, 0.15) is 29.7 Å². The Morgan fingerprint density at radius 2 is 2.26 bits per heavy atom. The maximum atomic E-state index is 14.3. The summed E-state index contributed by atoms with van der Waals surface area (Å²) in [7, 11) is 0. The molecule has 1 saturated carbocycles. The van der Waals surface area contributed by atoms with Gasteiger partial charge in [0.05, 0.1) is 23.4 Å². The van der Waals surface area contributed by atoms with Crippen molar-refractivity contribution < 1.29 is 23.8 Å². The normalized spacial score (nSPS) is 16.1. The summed E-state index contributed by atoms with van der Waals surface area (Å²) in [6, 6.07) is 2.64. The van der Waals surface area contributed by atoms with Crippen LogP contribution in [0.1, 0.15) is 40.5 Å². The van der Waals surface area contributed by atoms with E-state index in [1.807, 2.05) is 4.57 Å². The lowest BCUT2D eigenvalue weighted by atomic mass is 10.1. The summed E-state index contributed by atoms with van der Waals surface area (Å²) >= 11 is 0. The van der Waals surface area contributed by atoms with Crippen molar-refractivity contribution in [1.82, 2.24) is 9.55 Å². The minimum Gasteiger partial charge on any atom is -0.491 e. The Bertz CT molecular complexity index is 1010. The van der Waals surface area contributed by atoms with E-state index in [9.17, 15) is 19.1 Å². The quantitative estimate of drug-likeness (QED) is 0.619. The molecule has 0 radical (unpaired) electrons. The molecule has 8 heteroatoms. The smallest absolute Gasteiger partial charge is 0.269 e. The van der Waals surface area contributed by atoms with Crippen LogP contribution in [-0.4, -0.2) is 39.6 Å². The number of primary amides is 1. The molecule has 0 spiro atoms. The van der Waals surface area contributed by atoms with Crippen molar-refractivity contribution in [2.45, 2.75) is 31.4 Å². The first kappa shape index (κ1) is 17.2. The highest BCUT2D eigenvalue weighted by molar-refractivity contribution is 5.93. The number of fused-ring (bicyclic) bond motifs is 3. The third-order valence-electron chi connectivity index (χ3n) is 4.57. The van der Waals surface area contributed by atoms with E-state index in [2.05, 4.69) is 16.8 Å². The molecule has 1 amide bonds. The number of carbonyl (C=O) groups is 2. The van der Waals surface area contributed by atoms with E-state index in [0.29, 0.717) is 24.5 Å². The molecule has 1 aromatic heterocycles. The lowest BCUT2D eigenvalue weighted by Gasteiger charge is -2.08. The average molecular weight is 369 g/mol. The summed E-state index contributed by atoms with van der Waals surface area (Å²) in [5.74, 6) is 4.46. The largest absolute Gasteiger partial charge is 0.491 e. The van der Waals surface area contributed by atoms with Crippen molar-refractivity contribution in [2.75, 3.05) is 6.61 Å². The van der Waals surface area contributed by atoms with Gasteiger partial charge in [-0.2, -0.15) is 0 Å². The first-order valence-electron chi connectivity index (χ1n) is 8.51. The highest BCUT2D eigenvalue weighted by Crippen LogP contribution is 2.45. The van der Waals surface area contributed by atoms with Crippen LogP contribution >= 0.6 is 0 Å². The third kappa shape index (κ3) is 3.06. The number of hydrogen-bond donors (Lipinski definition) is 2. The number of ether oxygens (including phenoxy) is 1. The van der Waals surface area contributed by atoms with Gasteiger partial charge in [0, 0.05) is 12.0 Å². The Hall–Kier alpha value is -3.18. The van der Waals surface area contributed by atoms with Gasteiger partial charge in [-0.05, 0) is 18.9 Å². The Labute approximate surface area is 154 Å². The zero-order valence-electron chi connectivity index (χ0n) is 14.2. The molecule has 2 heterocycles. The van der Waals surface area contributed by atoms with E-state index in [0.717, 1.165) is 18.5 Å². The number of aliphatic hydroxyl groups is 1. The van der Waals surface area contributed by atoms with Gasteiger partial charge in [-0.15, -0.1) is 0 Å². The molecule has 1 fully saturated rings. The molecule has 1 atom stereocenters. The van der Waals surface area contributed by atoms with E-state index in [1.54, 1.807) is 0 Å². The summed E-state index contributed by atoms with van der Waals surface area (Å²) < 4.78 is 21.9. The van der Waals surface area contributed by atoms with Crippen LogP contribution in [0.3, 0.4) is 0 Å². The van der Waals surface area contributed by atoms with Crippen molar-refractivity contribution in [2.24, 2.45) is 5.73 Å². The first-order valence-corrected chi connectivity index (χ1v) is 8.51. The van der Waals surface area contributed by atoms with E-state index >= 15 is 0 Å². The molecule has 1 unspecified atom stereocenters.